The molecule has 2 heterocycles. The maximum absolute atomic E-state index is 13.4. The molecule has 0 spiro atoms. The van der Waals surface area contributed by atoms with Gasteiger partial charge in [0.2, 0.25) is 16.0 Å². The van der Waals surface area contributed by atoms with Crippen LogP contribution in [-0.2, 0) is 24.2 Å². The Morgan fingerprint density at radius 3 is 2.46 bits per heavy atom. The molecule has 198 valence electrons. The molecule has 0 aliphatic rings. The van der Waals surface area contributed by atoms with Gasteiger partial charge in [0.25, 0.3) is 0 Å². The Morgan fingerprint density at radius 2 is 1.84 bits per heavy atom. The number of rotatable bonds is 12. The molecule has 13 heteroatoms. The van der Waals surface area contributed by atoms with E-state index in [2.05, 4.69) is 29.9 Å². The average Bonchev–Trinajstić information content (AvgIpc) is 3.28. The summed E-state index contributed by atoms with van der Waals surface area (Å²) in [4.78, 5) is 12.4. The maximum Gasteiger partial charge on any atom is 0.242 e. The largest absolute Gasteiger partial charge is 0.495 e. The second-order valence-corrected chi connectivity index (χ2v) is 9.79. The summed E-state index contributed by atoms with van der Waals surface area (Å²) in [6.45, 7) is 3.34. The lowest BCUT2D eigenvalue weighted by Crippen LogP contribution is -2.33. The molecular weight excluding hydrogens is 498 g/mol. The summed E-state index contributed by atoms with van der Waals surface area (Å²) in [5.74, 6) is 0.940. The number of sulfonamides is 1. The molecule has 0 aliphatic heterocycles. The lowest BCUT2D eigenvalue weighted by atomic mass is 10.2. The van der Waals surface area contributed by atoms with E-state index in [0.717, 1.165) is 5.56 Å². The summed E-state index contributed by atoms with van der Waals surface area (Å²) < 4.78 is 46.5. The van der Waals surface area contributed by atoms with Crippen molar-refractivity contribution in [1.29, 1.82) is 0 Å². The molecule has 37 heavy (non-hydrogen) atoms. The third-order valence-electron chi connectivity index (χ3n) is 5.17. The maximum atomic E-state index is 13.4. The van der Waals surface area contributed by atoms with Crippen LogP contribution < -0.4 is 4.72 Å². The zero-order chi connectivity index (χ0) is 26.8. The van der Waals surface area contributed by atoms with E-state index >= 15 is 0 Å². The van der Waals surface area contributed by atoms with Gasteiger partial charge >= 0.3 is 0 Å². The van der Waals surface area contributed by atoms with Crippen molar-refractivity contribution in [1.82, 2.24) is 24.7 Å². The molecule has 0 saturated carbocycles. The van der Waals surface area contributed by atoms with Gasteiger partial charge in [0.1, 0.15) is 17.1 Å². The van der Waals surface area contributed by atoms with Gasteiger partial charge in [0.15, 0.2) is 18.0 Å². The van der Waals surface area contributed by atoms with Crippen LogP contribution >= 0.6 is 0 Å². The fourth-order valence-corrected chi connectivity index (χ4v) is 4.35. The number of allylic oxidation sites excluding steroid dienone is 1. The van der Waals surface area contributed by atoms with Gasteiger partial charge in [-0.15, -0.1) is 10.2 Å². The minimum atomic E-state index is -4.05. The highest BCUT2D eigenvalue weighted by Crippen LogP contribution is 2.27. The highest BCUT2D eigenvalue weighted by atomic mass is 32.2. The number of aromatic nitrogens is 5. The molecule has 0 saturated heterocycles. The van der Waals surface area contributed by atoms with Crippen LogP contribution in [0.4, 0.5) is 5.95 Å². The molecular formula is C24H31N7O5S. The number of nitrogens with zero attached hydrogens (tertiary/aromatic N) is 6. The first-order valence-electron chi connectivity index (χ1n) is 11.1. The number of nitrogens with one attached hydrogen (secondary N) is 1. The quantitative estimate of drug-likeness (QED) is 0.161. The fourth-order valence-electron chi connectivity index (χ4n) is 3.21. The second-order valence-electron chi connectivity index (χ2n) is 7.75. The smallest absolute Gasteiger partial charge is 0.242 e. The number of hydrogen-bond donors (Lipinski definition) is 1. The first-order valence-corrected chi connectivity index (χ1v) is 12.7. The Labute approximate surface area is 217 Å². The van der Waals surface area contributed by atoms with Gasteiger partial charge in [-0.3, -0.25) is 9.29 Å². The van der Waals surface area contributed by atoms with Gasteiger partial charge in [-0.25, -0.2) is 23.4 Å². The minimum Gasteiger partial charge on any atom is -0.495 e. The summed E-state index contributed by atoms with van der Waals surface area (Å²) in [6, 6.07) is 9.20. The Morgan fingerprint density at radius 1 is 1.14 bits per heavy atom. The third-order valence-corrected chi connectivity index (χ3v) is 6.86. The van der Waals surface area contributed by atoms with E-state index in [-0.39, 0.29) is 13.2 Å². The van der Waals surface area contributed by atoms with Crippen molar-refractivity contribution < 1.29 is 24.1 Å². The van der Waals surface area contributed by atoms with Crippen LogP contribution in [0, 0.1) is 6.92 Å². The summed E-state index contributed by atoms with van der Waals surface area (Å²) in [5.41, 5.74) is 1.56. The van der Waals surface area contributed by atoms with Crippen LogP contribution in [0.15, 0.2) is 65.8 Å². The van der Waals surface area contributed by atoms with Crippen molar-refractivity contribution in [2.75, 3.05) is 26.1 Å². The number of ether oxygens (including phenoxy) is 3. The molecule has 12 nitrogen and oxygen atoms in total. The molecule has 2 atom stereocenters. The monoisotopic (exact) mass is 529 g/mol. The number of hydrogen-bond acceptors (Lipinski definition) is 10. The van der Waals surface area contributed by atoms with Crippen LogP contribution in [0.2, 0.25) is 0 Å². The highest BCUT2D eigenvalue weighted by molar-refractivity contribution is 7.93. The Kier molecular flexibility index (Phi) is 9.46. The summed E-state index contributed by atoms with van der Waals surface area (Å²) in [6.07, 6.45) is 8.11. The van der Waals surface area contributed by atoms with Crippen LogP contribution in [0.3, 0.4) is 0 Å². The zero-order valence-electron chi connectivity index (χ0n) is 21.1. The number of aliphatic imine (C=N–C) groups is 1. The van der Waals surface area contributed by atoms with Crippen LogP contribution in [0.5, 0.6) is 0 Å². The third kappa shape index (κ3) is 6.98. The lowest BCUT2D eigenvalue weighted by molar-refractivity contribution is 0.0949. The number of aryl methyl sites for hydroxylation is 1. The van der Waals surface area contributed by atoms with Gasteiger partial charge in [0.05, 0.1) is 20.4 Å². The highest BCUT2D eigenvalue weighted by Gasteiger charge is 2.34. The van der Waals surface area contributed by atoms with E-state index in [1.54, 1.807) is 24.7 Å². The number of methoxy groups -OCH3 is 3. The van der Waals surface area contributed by atoms with Gasteiger partial charge in [-0.1, -0.05) is 30.3 Å². The molecule has 1 N–H and O–H groups in total. The molecule has 2 aromatic heterocycles. The first-order chi connectivity index (χ1) is 17.8. The van der Waals surface area contributed by atoms with Crippen molar-refractivity contribution in [3.8, 4) is 11.4 Å². The zero-order valence-corrected chi connectivity index (χ0v) is 22.0. The van der Waals surface area contributed by atoms with E-state index in [4.69, 9.17) is 14.2 Å². The van der Waals surface area contributed by atoms with Crippen LogP contribution in [0.1, 0.15) is 25.8 Å². The predicted octanol–water partition coefficient (Wildman–Crippen LogP) is 3.44. The average molecular weight is 530 g/mol. The van der Waals surface area contributed by atoms with E-state index in [1.807, 2.05) is 37.3 Å². The Balaban J connectivity index is 0.00000507. The van der Waals surface area contributed by atoms with Gasteiger partial charge in [-0.2, -0.15) is 0 Å². The SMILES string of the molecule is COC=N/C=C\C(=C\n1c(NS(=O)(=O)[C@@H](C)[C@H](OC)c2ncc(C)cn2)nnc1-c1ccccc1)OC.[HH]. The van der Waals surface area contributed by atoms with E-state index in [9.17, 15) is 8.42 Å². The fraction of sp³-hybridized carbons (Fsp3) is 0.292. The standard InChI is InChI=1S/C24H29N7O5S.H2/c1-17-13-26-22(27-14-17)21(36-5)18(2)37(32,33)30-24-29-28-23(19-9-7-6-8-10-19)31(24)15-20(35-4)11-12-25-16-34-3;/h6-16,18,21H,1-5H3,(H,29,30);1H/b12-11-,20-15-,25-16?;/t18-,21-;/m0./s1. The molecule has 0 radical (unpaired) electrons. The molecule has 3 rings (SSSR count). The van der Waals surface area contributed by atoms with Crippen molar-refractivity contribution >= 4 is 28.6 Å². The van der Waals surface area contributed by atoms with Gasteiger partial charge in [0, 0.05) is 38.8 Å². The normalized spacial score (nSPS) is 14.1. The van der Waals surface area contributed by atoms with Gasteiger partial charge < -0.3 is 14.2 Å². The summed E-state index contributed by atoms with van der Waals surface area (Å²) in [5, 5.41) is 7.25. The van der Waals surface area contributed by atoms with Crippen molar-refractivity contribution in [3.05, 3.63) is 72.1 Å². The molecule has 0 aliphatic carbocycles. The van der Waals surface area contributed by atoms with Crippen molar-refractivity contribution in [2.45, 2.75) is 25.2 Å². The lowest BCUT2D eigenvalue weighted by Gasteiger charge is -2.22. The first kappa shape index (κ1) is 27.5. The predicted molar refractivity (Wildman–Crippen MR) is 142 cm³/mol. The van der Waals surface area contributed by atoms with Crippen molar-refractivity contribution in [2.24, 2.45) is 4.99 Å². The van der Waals surface area contributed by atoms with Crippen LogP contribution in [-0.4, -0.2) is 66.1 Å². The molecule has 0 amide bonds. The molecule has 3 aromatic rings. The molecule has 0 unspecified atom stereocenters. The van der Waals surface area contributed by atoms with Crippen molar-refractivity contribution in [3.63, 3.8) is 0 Å². The topological polar surface area (TPSA) is 143 Å². The molecule has 1 aromatic carbocycles. The Bertz CT molecular complexity index is 1360. The summed E-state index contributed by atoms with van der Waals surface area (Å²) >= 11 is 0. The minimum absolute atomic E-state index is 0. The number of anilines is 1. The molecule has 0 fully saturated rings. The van der Waals surface area contributed by atoms with E-state index in [0.29, 0.717) is 17.1 Å². The summed E-state index contributed by atoms with van der Waals surface area (Å²) in [7, 11) is 0.307. The van der Waals surface area contributed by atoms with E-state index in [1.165, 1.54) is 45.4 Å². The second kappa shape index (κ2) is 12.7. The number of benzene rings is 1. The molecule has 0 bridgehead atoms. The van der Waals surface area contributed by atoms with Gasteiger partial charge in [-0.05, 0) is 19.4 Å². The van der Waals surface area contributed by atoms with Crippen LogP contribution in [0.25, 0.3) is 17.6 Å². The van der Waals surface area contributed by atoms with E-state index < -0.39 is 21.4 Å². The Hall–Kier alpha value is -4.10.